The number of aromatic nitrogens is 3. The molecule has 0 amide bonds. The molecule has 0 spiro atoms. The van der Waals surface area contributed by atoms with Crippen LogP contribution in [0.15, 0.2) is 29.9 Å². The summed E-state index contributed by atoms with van der Waals surface area (Å²) in [4.78, 5) is 4.50. The number of pyridine rings is 1. The van der Waals surface area contributed by atoms with E-state index in [9.17, 15) is 0 Å². The third-order valence-electron chi connectivity index (χ3n) is 3.39. The van der Waals surface area contributed by atoms with Crippen molar-refractivity contribution in [2.75, 3.05) is 14.2 Å². The number of aryl methyl sites for hydroxylation is 1. The van der Waals surface area contributed by atoms with Crippen molar-refractivity contribution in [3.05, 3.63) is 41.2 Å². The second-order valence-electron chi connectivity index (χ2n) is 4.52. The number of nitrogens with one attached hydrogen (secondary N) is 1. The quantitative estimate of drug-likeness (QED) is 0.800. The van der Waals surface area contributed by atoms with Crippen molar-refractivity contribution in [1.29, 1.82) is 0 Å². The third-order valence-corrected chi connectivity index (χ3v) is 4.24. The van der Waals surface area contributed by atoms with Gasteiger partial charge in [0.15, 0.2) is 5.75 Å². The first-order valence-electron chi connectivity index (χ1n) is 6.31. The average molecular weight is 288 g/mol. The molecule has 0 aliphatic heterocycles. The first-order valence-corrected chi connectivity index (χ1v) is 7.19. The molecule has 1 N–H and O–H groups in total. The van der Waals surface area contributed by atoms with Crippen LogP contribution in [0.4, 0.5) is 0 Å². The fourth-order valence-electron chi connectivity index (χ4n) is 2.39. The van der Waals surface area contributed by atoms with E-state index < -0.39 is 0 Å². The Morgan fingerprint density at radius 3 is 3.00 bits per heavy atom. The number of hydrogen-bond acceptors (Lipinski definition) is 5. The third kappa shape index (κ3) is 2.07. The lowest BCUT2D eigenvalue weighted by Crippen LogP contribution is -2.21. The van der Waals surface area contributed by atoms with Crippen LogP contribution < -0.4 is 10.1 Å². The second-order valence-corrected chi connectivity index (χ2v) is 5.46. The molecular formula is C14H16N4OS. The van der Waals surface area contributed by atoms with Gasteiger partial charge in [0.1, 0.15) is 5.69 Å². The van der Waals surface area contributed by atoms with Crippen molar-refractivity contribution >= 4 is 21.6 Å². The molecule has 5 nitrogen and oxygen atoms in total. The van der Waals surface area contributed by atoms with Crippen LogP contribution in [0.5, 0.6) is 5.75 Å². The van der Waals surface area contributed by atoms with Gasteiger partial charge in [-0.05, 0) is 30.1 Å². The molecule has 0 radical (unpaired) electrons. The summed E-state index contributed by atoms with van der Waals surface area (Å²) >= 11 is 1.70. The zero-order valence-electron chi connectivity index (χ0n) is 11.6. The Labute approximate surface area is 121 Å². The molecule has 3 aromatic rings. The molecule has 20 heavy (non-hydrogen) atoms. The number of rotatable bonds is 4. The zero-order valence-corrected chi connectivity index (χ0v) is 12.4. The zero-order chi connectivity index (χ0) is 14.1. The van der Waals surface area contributed by atoms with E-state index in [0.29, 0.717) is 0 Å². The Morgan fingerprint density at radius 1 is 1.40 bits per heavy atom. The molecule has 0 aliphatic carbocycles. The molecule has 0 saturated carbocycles. The highest BCUT2D eigenvalue weighted by molar-refractivity contribution is 7.17. The van der Waals surface area contributed by atoms with E-state index in [1.54, 1.807) is 24.6 Å². The minimum Gasteiger partial charge on any atom is -0.493 e. The van der Waals surface area contributed by atoms with Crippen molar-refractivity contribution in [1.82, 2.24) is 20.1 Å². The summed E-state index contributed by atoms with van der Waals surface area (Å²) in [6, 6.07) is 4.19. The molecule has 0 aliphatic rings. The molecule has 1 atom stereocenters. The van der Waals surface area contributed by atoms with Crippen LogP contribution in [-0.2, 0) is 7.05 Å². The Balaban J connectivity index is 2.10. The molecule has 3 aromatic heterocycles. The van der Waals surface area contributed by atoms with E-state index >= 15 is 0 Å². The van der Waals surface area contributed by atoms with Gasteiger partial charge in [-0.3, -0.25) is 9.67 Å². The Hall–Kier alpha value is -1.92. The maximum Gasteiger partial charge on any atom is 0.161 e. The fraction of sp³-hybridized carbons (Fsp3) is 0.286. The van der Waals surface area contributed by atoms with Gasteiger partial charge in [-0.15, -0.1) is 11.3 Å². The predicted molar refractivity (Wildman–Crippen MR) is 80.3 cm³/mol. The van der Waals surface area contributed by atoms with Crippen LogP contribution in [0.1, 0.15) is 17.3 Å². The molecule has 1 unspecified atom stereocenters. The monoisotopic (exact) mass is 288 g/mol. The minimum atomic E-state index is -0.00329. The Kier molecular flexibility index (Phi) is 3.42. The van der Waals surface area contributed by atoms with Crippen LogP contribution in [0, 0.1) is 0 Å². The van der Waals surface area contributed by atoms with E-state index in [4.69, 9.17) is 4.74 Å². The van der Waals surface area contributed by atoms with Crippen molar-refractivity contribution in [2.45, 2.75) is 6.04 Å². The highest BCUT2D eigenvalue weighted by atomic mass is 32.1. The first-order chi connectivity index (χ1) is 9.74. The molecule has 104 valence electrons. The summed E-state index contributed by atoms with van der Waals surface area (Å²) in [5.74, 6) is 0.776. The number of ether oxygens (including phenoxy) is 1. The van der Waals surface area contributed by atoms with E-state index in [1.165, 1.54) is 4.70 Å². The normalized spacial score (nSPS) is 12.8. The largest absolute Gasteiger partial charge is 0.493 e. The van der Waals surface area contributed by atoms with Crippen LogP contribution in [0.25, 0.3) is 10.2 Å². The van der Waals surface area contributed by atoms with Crippen molar-refractivity contribution in [3.63, 3.8) is 0 Å². The number of methoxy groups -OCH3 is 1. The summed E-state index contributed by atoms with van der Waals surface area (Å²) in [5, 5.41) is 9.64. The van der Waals surface area contributed by atoms with Gasteiger partial charge < -0.3 is 10.1 Å². The molecule has 0 aromatic carbocycles. The number of nitrogens with zero attached hydrogens (tertiary/aromatic N) is 3. The summed E-state index contributed by atoms with van der Waals surface area (Å²) in [7, 11) is 5.50. The lowest BCUT2D eigenvalue weighted by molar-refractivity contribution is 0.402. The summed E-state index contributed by atoms with van der Waals surface area (Å²) in [6.45, 7) is 0. The van der Waals surface area contributed by atoms with Gasteiger partial charge in [-0.2, -0.15) is 5.10 Å². The van der Waals surface area contributed by atoms with Gasteiger partial charge in [0, 0.05) is 13.2 Å². The van der Waals surface area contributed by atoms with Crippen LogP contribution >= 0.6 is 11.3 Å². The smallest absolute Gasteiger partial charge is 0.161 e. The molecular weight excluding hydrogens is 272 g/mol. The lowest BCUT2D eigenvalue weighted by Gasteiger charge is -2.18. The second kappa shape index (κ2) is 5.22. The van der Waals surface area contributed by atoms with Crippen molar-refractivity contribution in [2.24, 2.45) is 7.05 Å². The van der Waals surface area contributed by atoms with Gasteiger partial charge in [0.25, 0.3) is 0 Å². The van der Waals surface area contributed by atoms with Gasteiger partial charge in [0.2, 0.25) is 0 Å². The van der Waals surface area contributed by atoms with Gasteiger partial charge in [0.05, 0.1) is 29.6 Å². The highest BCUT2D eigenvalue weighted by Gasteiger charge is 2.21. The number of hydrogen-bond donors (Lipinski definition) is 1. The molecule has 3 rings (SSSR count). The van der Waals surface area contributed by atoms with Crippen molar-refractivity contribution < 1.29 is 4.74 Å². The summed E-state index contributed by atoms with van der Waals surface area (Å²) in [5.41, 5.74) is 3.13. The molecule has 3 heterocycles. The van der Waals surface area contributed by atoms with Gasteiger partial charge in [-0.25, -0.2) is 0 Å². The maximum atomic E-state index is 5.40. The Bertz CT molecular complexity index is 734. The summed E-state index contributed by atoms with van der Waals surface area (Å²) < 4.78 is 8.42. The number of fused-ring (bicyclic) bond motifs is 1. The standard InChI is InChI=1S/C14H16N4OS/c1-15-13(14-11(19-3)8-17-18(14)2)9-6-12-10(16-7-9)4-5-20-12/h4-8,13,15H,1-3H3. The van der Waals surface area contributed by atoms with Gasteiger partial charge in [-0.1, -0.05) is 0 Å². The van der Waals surface area contributed by atoms with Crippen LogP contribution in [0.2, 0.25) is 0 Å². The fourth-order valence-corrected chi connectivity index (χ4v) is 3.18. The maximum absolute atomic E-state index is 5.40. The lowest BCUT2D eigenvalue weighted by atomic mass is 10.1. The SMILES string of the molecule is CNC(c1cnc2ccsc2c1)c1c(OC)cnn1C. The highest BCUT2D eigenvalue weighted by Crippen LogP contribution is 2.31. The average Bonchev–Trinajstić information content (AvgIpc) is 3.07. The predicted octanol–water partition coefficient (Wildman–Crippen LogP) is 2.35. The summed E-state index contributed by atoms with van der Waals surface area (Å²) in [6.07, 6.45) is 3.64. The van der Waals surface area contributed by atoms with E-state index in [0.717, 1.165) is 22.5 Å². The molecule has 0 saturated heterocycles. The molecule has 6 heteroatoms. The molecule has 0 bridgehead atoms. The topological polar surface area (TPSA) is 52.0 Å². The van der Waals surface area contributed by atoms with E-state index in [-0.39, 0.29) is 6.04 Å². The van der Waals surface area contributed by atoms with Gasteiger partial charge >= 0.3 is 0 Å². The van der Waals surface area contributed by atoms with E-state index in [1.807, 2.05) is 31.0 Å². The van der Waals surface area contributed by atoms with Crippen LogP contribution in [-0.4, -0.2) is 28.9 Å². The molecule has 0 fully saturated rings. The van der Waals surface area contributed by atoms with Crippen molar-refractivity contribution in [3.8, 4) is 5.75 Å². The first kappa shape index (κ1) is 13.1. The Morgan fingerprint density at radius 2 is 2.25 bits per heavy atom. The number of thiophene rings is 1. The minimum absolute atomic E-state index is 0.00329. The van der Waals surface area contributed by atoms with E-state index in [2.05, 4.69) is 26.8 Å². The van der Waals surface area contributed by atoms with Crippen LogP contribution in [0.3, 0.4) is 0 Å².